The molecule has 0 spiro atoms. The predicted octanol–water partition coefficient (Wildman–Crippen LogP) is 3.95. The van der Waals surface area contributed by atoms with Crippen LogP contribution < -0.4 is 5.32 Å². The average molecular weight is 380 g/mol. The van der Waals surface area contributed by atoms with Crippen molar-refractivity contribution in [3.05, 3.63) is 54.0 Å². The fourth-order valence-corrected chi connectivity index (χ4v) is 2.96. The van der Waals surface area contributed by atoms with Gasteiger partial charge < -0.3 is 10.3 Å². The zero-order valence-corrected chi connectivity index (χ0v) is 14.5. The van der Waals surface area contributed by atoms with Crippen LogP contribution in [0.5, 0.6) is 0 Å². The summed E-state index contributed by atoms with van der Waals surface area (Å²) in [5.41, 5.74) is 0.878. The lowest BCUT2D eigenvalue weighted by Crippen LogP contribution is -2.28. The Morgan fingerprint density at radius 3 is 2.69 bits per heavy atom. The number of imidazole rings is 1. The zero-order chi connectivity index (χ0) is 18.7. The number of pyridine rings is 1. The van der Waals surface area contributed by atoms with Gasteiger partial charge in [-0.3, -0.25) is 4.79 Å². The van der Waals surface area contributed by atoms with Gasteiger partial charge in [0.25, 0.3) is 0 Å². The Hall–Kier alpha value is -2.55. The number of aromatic nitrogens is 3. The van der Waals surface area contributed by atoms with Crippen LogP contribution in [0.25, 0.3) is 11.0 Å². The zero-order valence-electron chi connectivity index (χ0n) is 13.7. The van der Waals surface area contributed by atoms with Crippen LogP contribution in [0.15, 0.2) is 47.6 Å². The molecular weight excluding hydrogens is 365 g/mol. The van der Waals surface area contributed by atoms with Crippen LogP contribution in [-0.4, -0.2) is 26.6 Å². The number of halogens is 3. The van der Waals surface area contributed by atoms with Crippen LogP contribution in [0.3, 0.4) is 0 Å². The van der Waals surface area contributed by atoms with Gasteiger partial charge in [0.1, 0.15) is 5.82 Å². The van der Waals surface area contributed by atoms with Crippen LogP contribution in [-0.2, 0) is 11.0 Å². The van der Waals surface area contributed by atoms with Gasteiger partial charge in [0.15, 0.2) is 0 Å². The van der Waals surface area contributed by atoms with Crippen LogP contribution in [0.1, 0.15) is 24.4 Å². The third-order valence-corrected chi connectivity index (χ3v) is 4.55. The second-order valence-electron chi connectivity index (χ2n) is 5.60. The Morgan fingerprint density at radius 2 is 2.04 bits per heavy atom. The molecule has 1 aromatic carbocycles. The molecule has 3 rings (SSSR count). The number of benzene rings is 1. The number of H-pyrrole nitrogens is 1. The molecule has 26 heavy (non-hydrogen) atoms. The molecule has 3 aromatic rings. The molecule has 5 nitrogen and oxygen atoms in total. The highest BCUT2D eigenvalue weighted by Crippen LogP contribution is 2.29. The van der Waals surface area contributed by atoms with Gasteiger partial charge in [-0.05, 0) is 31.2 Å². The third-order valence-electron chi connectivity index (χ3n) is 3.61. The van der Waals surface area contributed by atoms with Crippen molar-refractivity contribution >= 4 is 28.7 Å². The van der Waals surface area contributed by atoms with Gasteiger partial charge in [0, 0.05) is 6.20 Å². The first-order chi connectivity index (χ1) is 12.3. The van der Waals surface area contributed by atoms with Crippen molar-refractivity contribution in [2.45, 2.75) is 24.2 Å². The number of amides is 1. The highest BCUT2D eigenvalue weighted by molar-refractivity contribution is 7.99. The summed E-state index contributed by atoms with van der Waals surface area (Å²) in [6.07, 6.45) is -3.66. The number of hydrogen-bond donors (Lipinski definition) is 2. The number of aromatic amines is 1. The van der Waals surface area contributed by atoms with Crippen molar-refractivity contribution in [3.63, 3.8) is 0 Å². The van der Waals surface area contributed by atoms with Crippen molar-refractivity contribution in [1.29, 1.82) is 0 Å². The lowest BCUT2D eigenvalue weighted by Gasteiger charge is -2.11. The molecule has 136 valence electrons. The van der Waals surface area contributed by atoms with E-state index in [-0.39, 0.29) is 17.7 Å². The molecular formula is C17H15F3N4OS. The summed E-state index contributed by atoms with van der Waals surface area (Å²) in [4.78, 5) is 23.4. The molecule has 2 N–H and O–H groups in total. The molecule has 9 heteroatoms. The molecule has 0 aliphatic carbocycles. The van der Waals surface area contributed by atoms with Crippen molar-refractivity contribution in [1.82, 2.24) is 20.3 Å². The molecule has 0 saturated heterocycles. The Kier molecular flexibility index (Phi) is 5.17. The minimum atomic E-state index is -4.42. The van der Waals surface area contributed by atoms with E-state index in [0.717, 1.165) is 35.1 Å². The number of nitrogens with one attached hydrogen (secondary N) is 2. The number of nitrogens with zero attached hydrogens (tertiary/aromatic N) is 2. The van der Waals surface area contributed by atoms with Gasteiger partial charge in [-0.1, -0.05) is 23.9 Å². The molecule has 1 amide bonds. The van der Waals surface area contributed by atoms with Crippen LogP contribution in [0.2, 0.25) is 0 Å². The number of fused-ring (bicyclic) bond motifs is 1. The summed E-state index contributed by atoms with van der Waals surface area (Å²) in [6.45, 7) is 1.80. The fraction of sp³-hybridized carbons (Fsp3) is 0.235. The van der Waals surface area contributed by atoms with Crippen LogP contribution >= 0.6 is 11.8 Å². The highest BCUT2D eigenvalue weighted by atomic mass is 32.2. The Bertz CT molecular complexity index is 875. The number of rotatable bonds is 5. The molecule has 0 bridgehead atoms. The summed E-state index contributed by atoms with van der Waals surface area (Å²) in [7, 11) is 0. The van der Waals surface area contributed by atoms with Crippen molar-refractivity contribution in [2.75, 3.05) is 5.75 Å². The lowest BCUT2D eigenvalue weighted by molar-refractivity contribution is -0.137. The number of para-hydroxylation sites is 2. The summed E-state index contributed by atoms with van der Waals surface area (Å²) in [5.74, 6) is 0.421. The Morgan fingerprint density at radius 1 is 1.27 bits per heavy atom. The van der Waals surface area contributed by atoms with E-state index in [1.807, 2.05) is 24.3 Å². The third kappa shape index (κ3) is 4.34. The van der Waals surface area contributed by atoms with E-state index in [1.165, 1.54) is 6.07 Å². The summed E-state index contributed by atoms with van der Waals surface area (Å²) in [6, 6.07) is 9.41. The van der Waals surface area contributed by atoms with Crippen LogP contribution in [0, 0.1) is 0 Å². The first-order valence-electron chi connectivity index (χ1n) is 7.73. The van der Waals surface area contributed by atoms with E-state index in [1.54, 1.807) is 6.92 Å². The molecule has 0 aliphatic heterocycles. The second-order valence-corrected chi connectivity index (χ2v) is 6.60. The highest BCUT2D eigenvalue weighted by Gasteiger charge is 2.30. The number of hydrogen-bond acceptors (Lipinski definition) is 4. The minimum Gasteiger partial charge on any atom is -0.346 e. The summed E-state index contributed by atoms with van der Waals surface area (Å²) in [5, 5.41) is 3.15. The monoisotopic (exact) mass is 380 g/mol. The molecule has 2 aromatic heterocycles. The number of alkyl halides is 3. The maximum Gasteiger partial charge on any atom is 0.417 e. The van der Waals surface area contributed by atoms with Crippen molar-refractivity contribution in [3.8, 4) is 0 Å². The molecule has 0 fully saturated rings. The quantitative estimate of drug-likeness (QED) is 0.658. The van der Waals surface area contributed by atoms with E-state index in [4.69, 9.17) is 0 Å². The second kappa shape index (κ2) is 7.36. The largest absolute Gasteiger partial charge is 0.417 e. The van der Waals surface area contributed by atoms with Gasteiger partial charge in [-0.2, -0.15) is 13.2 Å². The maximum absolute atomic E-state index is 12.5. The van der Waals surface area contributed by atoms with E-state index < -0.39 is 11.7 Å². The molecule has 1 unspecified atom stereocenters. The standard InChI is InChI=1S/C17H15F3N4OS/c1-10(16-23-12-4-2-3-5-13(12)24-16)22-14(25)9-26-15-7-6-11(8-21-15)17(18,19)20/h2-8,10H,9H2,1H3,(H,22,25)(H,23,24). The average Bonchev–Trinajstić information content (AvgIpc) is 3.04. The van der Waals surface area contributed by atoms with Crippen LogP contribution in [0.4, 0.5) is 13.2 Å². The normalized spacial score (nSPS) is 12.9. The van der Waals surface area contributed by atoms with Gasteiger partial charge >= 0.3 is 6.18 Å². The lowest BCUT2D eigenvalue weighted by atomic mass is 10.3. The molecule has 0 aliphatic rings. The summed E-state index contributed by atoms with van der Waals surface area (Å²) >= 11 is 1.07. The number of thioether (sulfide) groups is 1. The van der Waals surface area contributed by atoms with E-state index in [2.05, 4.69) is 20.3 Å². The first kappa shape index (κ1) is 18.2. The summed E-state index contributed by atoms with van der Waals surface area (Å²) < 4.78 is 37.5. The van der Waals surface area contributed by atoms with Gasteiger partial charge in [0.2, 0.25) is 5.91 Å². The van der Waals surface area contributed by atoms with E-state index in [0.29, 0.717) is 10.9 Å². The predicted molar refractivity (Wildman–Crippen MR) is 92.6 cm³/mol. The number of carbonyl (C=O) groups excluding carboxylic acids is 1. The smallest absolute Gasteiger partial charge is 0.346 e. The molecule has 2 heterocycles. The SMILES string of the molecule is CC(NC(=O)CSc1ccc(C(F)(F)F)cn1)c1nc2ccccc2[nH]1. The Balaban J connectivity index is 1.55. The number of carbonyl (C=O) groups is 1. The first-order valence-corrected chi connectivity index (χ1v) is 8.71. The topological polar surface area (TPSA) is 70.7 Å². The fourth-order valence-electron chi connectivity index (χ4n) is 2.30. The van der Waals surface area contributed by atoms with Gasteiger partial charge in [0.05, 0.1) is 33.4 Å². The van der Waals surface area contributed by atoms with E-state index >= 15 is 0 Å². The molecule has 1 atom stereocenters. The Labute approximate surface area is 151 Å². The van der Waals surface area contributed by atoms with Gasteiger partial charge in [-0.15, -0.1) is 0 Å². The van der Waals surface area contributed by atoms with Crippen molar-refractivity contribution in [2.24, 2.45) is 0 Å². The molecule has 0 radical (unpaired) electrons. The molecule has 0 saturated carbocycles. The van der Waals surface area contributed by atoms with Gasteiger partial charge in [-0.25, -0.2) is 9.97 Å². The maximum atomic E-state index is 12.5. The van der Waals surface area contributed by atoms with Crippen molar-refractivity contribution < 1.29 is 18.0 Å². The minimum absolute atomic E-state index is 0.0446. The van der Waals surface area contributed by atoms with E-state index in [9.17, 15) is 18.0 Å².